The second kappa shape index (κ2) is 3.74. The summed E-state index contributed by atoms with van der Waals surface area (Å²) >= 11 is 0. The average Bonchev–Trinajstić information content (AvgIpc) is 2.05. The molecule has 0 spiro atoms. The van der Waals surface area contributed by atoms with E-state index in [0.29, 0.717) is 0 Å². The monoisotopic (exact) mass is 184 g/mol. The van der Waals surface area contributed by atoms with E-state index < -0.39 is 5.79 Å². The molecule has 3 N–H and O–H groups in total. The minimum atomic E-state index is -2.00. The van der Waals surface area contributed by atoms with E-state index in [4.69, 9.17) is 5.11 Å². The second-order valence-corrected chi connectivity index (χ2v) is 2.80. The van der Waals surface area contributed by atoms with Gasteiger partial charge in [0, 0.05) is 12.7 Å². The molecule has 0 aliphatic carbocycles. The fraction of sp³-hybridized carbons (Fsp3) is 0.333. The number of aromatic hydroxyl groups is 1. The molecule has 13 heavy (non-hydrogen) atoms. The van der Waals surface area contributed by atoms with Gasteiger partial charge in [-0.1, -0.05) is 0 Å². The van der Waals surface area contributed by atoms with Crippen molar-refractivity contribution in [3.05, 3.63) is 29.8 Å². The Labute approximate surface area is 76.0 Å². The van der Waals surface area contributed by atoms with Crippen molar-refractivity contribution < 1.29 is 20.1 Å². The average molecular weight is 184 g/mol. The molecule has 0 aromatic heterocycles. The van der Waals surface area contributed by atoms with E-state index in [1.54, 1.807) is 0 Å². The number of ether oxygens (including phenoxy) is 1. The van der Waals surface area contributed by atoms with Gasteiger partial charge in [-0.15, -0.1) is 0 Å². The lowest BCUT2D eigenvalue weighted by molar-refractivity contribution is -0.201. The number of rotatable bonds is 3. The van der Waals surface area contributed by atoms with E-state index >= 15 is 0 Å². The second-order valence-electron chi connectivity index (χ2n) is 2.80. The lowest BCUT2D eigenvalue weighted by Crippen LogP contribution is -2.30. The Balaban J connectivity index is 2.87. The Morgan fingerprint density at radius 3 is 2.23 bits per heavy atom. The smallest absolute Gasteiger partial charge is 0.214 e. The fourth-order valence-corrected chi connectivity index (χ4v) is 1.01. The predicted octanol–water partition coefficient (Wildman–Crippen LogP) is 0.176. The maximum absolute atomic E-state index is 9.43. The molecule has 0 radical (unpaired) electrons. The zero-order valence-corrected chi connectivity index (χ0v) is 7.27. The molecule has 0 bridgehead atoms. The maximum Gasteiger partial charge on any atom is 0.214 e. The molecule has 4 nitrogen and oxygen atoms in total. The number of benzene rings is 1. The van der Waals surface area contributed by atoms with E-state index in [2.05, 4.69) is 4.74 Å². The van der Waals surface area contributed by atoms with Gasteiger partial charge in [0.2, 0.25) is 5.79 Å². The van der Waals surface area contributed by atoms with Crippen LogP contribution < -0.4 is 0 Å². The summed E-state index contributed by atoms with van der Waals surface area (Å²) < 4.78 is 4.63. The van der Waals surface area contributed by atoms with Gasteiger partial charge in [0.25, 0.3) is 0 Å². The van der Waals surface area contributed by atoms with Gasteiger partial charge in [0.05, 0.1) is 0 Å². The van der Waals surface area contributed by atoms with Gasteiger partial charge in [-0.2, -0.15) is 0 Å². The van der Waals surface area contributed by atoms with Crippen LogP contribution in [0, 0.1) is 0 Å². The van der Waals surface area contributed by atoms with Gasteiger partial charge in [-0.05, 0) is 24.3 Å². The van der Waals surface area contributed by atoms with Crippen LogP contribution in [0.2, 0.25) is 0 Å². The highest BCUT2D eigenvalue weighted by Crippen LogP contribution is 2.20. The maximum atomic E-state index is 9.43. The first-order chi connectivity index (χ1) is 6.06. The largest absolute Gasteiger partial charge is 0.508 e. The van der Waals surface area contributed by atoms with Gasteiger partial charge in [-0.25, -0.2) is 0 Å². The third-order valence-electron chi connectivity index (χ3n) is 1.68. The molecule has 0 atom stereocenters. The van der Waals surface area contributed by atoms with Crippen molar-refractivity contribution in [1.82, 2.24) is 0 Å². The van der Waals surface area contributed by atoms with Crippen molar-refractivity contribution in [2.45, 2.75) is 5.79 Å². The van der Waals surface area contributed by atoms with Crippen molar-refractivity contribution in [1.29, 1.82) is 0 Å². The van der Waals surface area contributed by atoms with Crippen LogP contribution in [0.5, 0.6) is 5.75 Å². The summed E-state index contributed by atoms with van der Waals surface area (Å²) in [5, 5.41) is 27.8. The first kappa shape index (κ1) is 9.98. The number of hydrogen-bond donors (Lipinski definition) is 3. The topological polar surface area (TPSA) is 69.9 Å². The van der Waals surface area contributed by atoms with Crippen LogP contribution in [-0.2, 0) is 10.5 Å². The molecule has 0 aliphatic heterocycles. The summed E-state index contributed by atoms with van der Waals surface area (Å²) in [6.07, 6.45) is 0. The van der Waals surface area contributed by atoms with Crippen LogP contribution in [0.3, 0.4) is 0 Å². The summed E-state index contributed by atoms with van der Waals surface area (Å²) in [6.45, 7) is -0.211. The summed E-state index contributed by atoms with van der Waals surface area (Å²) in [4.78, 5) is 0. The molecule has 0 saturated carbocycles. The molecule has 1 rings (SSSR count). The molecule has 0 aliphatic rings. The normalized spacial score (nSPS) is 11.6. The zero-order valence-electron chi connectivity index (χ0n) is 7.27. The Morgan fingerprint density at radius 1 is 1.23 bits per heavy atom. The van der Waals surface area contributed by atoms with Crippen molar-refractivity contribution in [3.8, 4) is 5.75 Å². The molecule has 72 valence electrons. The van der Waals surface area contributed by atoms with E-state index in [1.165, 1.54) is 31.4 Å². The van der Waals surface area contributed by atoms with Crippen LogP contribution in [0.15, 0.2) is 24.3 Å². The number of aliphatic hydroxyl groups is 2. The van der Waals surface area contributed by atoms with Crippen molar-refractivity contribution >= 4 is 0 Å². The predicted molar refractivity (Wildman–Crippen MR) is 46.1 cm³/mol. The van der Waals surface area contributed by atoms with Gasteiger partial charge in [0.15, 0.2) is 0 Å². The zero-order chi connectivity index (χ0) is 9.90. The van der Waals surface area contributed by atoms with E-state index in [0.717, 1.165) is 0 Å². The van der Waals surface area contributed by atoms with Crippen LogP contribution in [0.25, 0.3) is 0 Å². The Morgan fingerprint density at radius 2 is 1.77 bits per heavy atom. The van der Waals surface area contributed by atoms with E-state index in [1.807, 2.05) is 0 Å². The number of methoxy groups -OCH3 is 1. The van der Waals surface area contributed by atoms with Crippen LogP contribution in [0.4, 0.5) is 0 Å². The Hall–Kier alpha value is -1.10. The molecule has 1 aromatic carbocycles. The third-order valence-corrected chi connectivity index (χ3v) is 1.68. The summed E-state index contributed by atoms with van der Waals surface area (Å²) in [7, 11) is 1.38. The highest BCUT2D eigenvalue weighted by Gasteiger charge is 2.25. The minimum absolute atomic E-state index is 0.0805. The lowest BCUT2D eigenvalue weighted by Gasteiger charge is -2.20. The van der Waals surface area contributed by atoms with Gasteiger partial charge in [0.1, 0.15) is 12.4 Å². The summed E-state index contributed by atoms with van der Waals surface area (Å²) in [5.74, 6) is -1.92. The number of phenolic OH excluding ortho intramolecular Hbond substituents is 1. The molecular weight excluding hydrogens is 172 g/mol. The van der Waals surface area contributed by atoms with Gasteiger partial charge >= 0.3 is 0 Å². The highest BCUT2D eigenvalue weighted by atomic mass is 16.6. The molecule has 1 aromatic rings. The fourth-order valence-electron chi connectivity index (χ4n) is 1.01. The molecule has 0 unspecified atom stereocenters. The molecule has 0 heterocycles. The number of hydrogen-bond acceptors (Lipinski definition) is 4. The Kier molecular flexibility index (Phi) is 2.87. The molecular formula is C9H12O4. The molecule has 4 heteroatoms. The SMILES string of the molecule is COCC(O)(O)c1ccc(O)cc1. The third kappa shape index (κ3) is 2.42. The van der Waals surface area contributed by atoms with Crippen LogP contribution in [-0.4, -0.2) is 29.0 Å². The van der Waals surface area contributed by atoms with Crippen LogP contribution in [0.1, 0.15) is 5.56 Å². The quantitative estimate of drug-likeness (QED) is 0.586. The van der Waals surface area contributed by atoms with Gasteiger partial charge in [-0.3, -0.25) is 0 Å². The van der Waals surface area contributed by atoms with E-state index in [9.17, 15) is 10.2 Å². The summed E-state index contributed by atoms with van der Waals surface area (Å²) in [5.41, 5.74) is 0.284. The Bertz CT molecular complexity index is 265. The lowest BCUT2D eigenvalue weighted by atomic mass is 10.1. The molecule has 0 saturated heterocycles. The van der Waals surface area contributed by atoms with Crippen molar-refractivity contribution in [2.24, 2.45) is 0 Å². The first-order valence-corrected chi connectivity index (χ1v) is 3.79. The van der Waals surface area contributed by atoms with E-state index in [-0.39, 0.29) is 17.9 Å². The standard InChI is InChI=1S/C9H12O4/c1-13-6-9(11,12)7-2-4-8(10)5-3-7/h2-5,10-12H,6H2,1H3. The first-order valence-electron chi connectivity index (χ1n) is 3.79. The summed E-state index contributed by atoms with van der Waals surface area (Å²) in [6, 6.07) is 5.61. The minimum Gasteiger partial charge on any atom is -0.508 e. The number of phenols is 1. The highest BCUT2D eigenvalue weighted by molar-refractivity contribution is 5.28. The molecule has 0 fully saturated rings. The van der Waals surface area contributed by atoms with Crippen LogP contribution >= 0.6 is 0 Å². The molecule has 0 amide bonds. The van der Waals surface area contributed by atoms with Crippen molar-refractivity contribution in [3.63, 3.8) is 0 Å². The van der Waals surface area contributed by atoms with Crippen molar-refractivity contribution in [2.75, 3.05) is 13.7 Å². The van der Waals surface area contributed by atoms with Gasteiger partial charge < -0.3 is 20.1 Å².